The highest BCUT2D eigenvalue weighted by Crippen LogP contribution is 2.15. The lowest BCUT2D eigenvalue weighted by Crippen LogP contribution is -2.44. The first-order valence-electron chi connectivity index (χ1n) is 6.95. The molecule has 0 aliphatic carbocycles. The maximum atomic E-state index is 12.1. The van der Waals surface area contributed by atoms with Crippen molar-refractivity contribution in [2.75, 3.05) is 27.2 Å². The van der Waals surface area contributed by atoms with Crippen LogP contribution in [0.5, 0.6) is 0 Å². The first-order chi connectivity index (χ1) is 9.16. The lowest BCUT2D eigenvalue weighted by atomic mass is 10.0. The smallest absolute Gasteiger partial charge is 0.222 e. The van der Waals surface area contributed by atoms with Crippen molar-refractivity contribution in [2.45, 2.75) is 38.1 Å². The van der Waals surface area contributed by atoms with Gasteiger partial charge in [0.25, 0.3) is 0 Å². The SMILES string of the molecule is CN1CCC(N(C)C(=O)CCCc2cn[nH]n2)CC1. The predicted molar refractivity (Wildman–Crippen MR) is 72.6 cm³/mol. The van der Waals surface area contributed by atoms with Gasteiger partial charge in [0.15, 0.2) is 0 Å². The van der Waals surface area contributed by atoms with Crippen LogP contribution in [-0.2, 0) is 11.2 Å². The number of rotatable bonds is 5. The number of aryl methyl sites for hydroxylation is 1. The van der Waals surface area contributed by atoms with E-state index in [4.69, 9.17) is 0 Å². The normalized spacial score (nSPS) is 17.6. The standard InChI is InChI=1S/C13H23N5O/c1-17-8-6-12(7-9-17)18(2)13(19)5-3-4-11-10-14-16-15-11/h10,12H,3-9H2,1-2H3,(H,14,15,16). The van der Waals surface area contributed by atoms with E-state index in [0.717, 1.165) is 44.5 Å². The molecule has 1 fully saturated rings. The highest BCUT2D eigenvalue weighted by atomic mass is 16.2. The van der Waals surface area contributed by atoms with E-state index in [1.165, 1.54) is 0 Å². The predicted octanol–water partition coefficient (Wildman–Crippen LogP) is 0.680. The van der Waals surface area contributed by atoms with Crippen LogP contribution in [0.3, 0.4) is 0 Å². The van der Waals surface area contributed by atoms with Gasteiger partial charge in [-0.3, -0.25) is 4.79 Å². The van der Waals surface area contributed by atoms with Gasteiger partial charge in [0.05, 0.1) is 11.9 Å². The molecule has 1 aromatic heterocycles. The first kappa shape index (κ1) is 14.0. The number of carbonyl (C=O) groups excluding carboxylic acids is 1. The Bertz CT molecular complexity index is 384. The third-order valence-corrected chi connectivity index (χ3v) is 3.92. The van der Waals surface area contributed by atoms with E-state index in [-0.39, 0.29) is 5.91 Å². The van der Waals surface area contributed by atoms with Crippen molar-refractivity contribution in [1.29, 1.82) is 0 Å². The molecule has 0 saturated carbocycles. The van der Waals surface area contributed by atoms with E-state index >= 15 is 0 Å². The average molecular weight is 265 g/mol. The fourth-order valence-corrected chi connectivity index (χ4v) is 2.53. The van der Waals surface area contributed by atoms with E-state index in [2.05, 4.69) is 27.4 Å². The summed E-state index contributed by atoms with van der Waals surface area (Å²) in [7, 11) is 4.07. The molecule has 106 valence electrons. The maximum absolute atomic E-state index is 12.1. The summed E-state index contributed by atoms with van der Waals surface area (Å²) >= 11 is 0. The van der Waals surface area contributed by atoms with Gasteiger partial charge in [-0.2, -0.15) is 15.4 Å². The number of amides is 1. The van der Waals surface area contributed by atoms with Crippen LogP contribution < -0.4 is 0 Å². The van der Waals surface area contributed by atoms with Crippen molar-refractivity contribution in [3.05, 3.63) is 11.9 Å². The molecule has 0 bridgehead atoms. The van der Waals surface area contributed by atoms with Crippen LogP contribution in [0, 0.1) is 0 Å². The third-order valence-electron chi connectivity index (χ3n) is 3.92. The van der Waals surface area contributed by atoms with Crippen molar-refractivity contribution >= 4 is 5.91 Å². The maximum Gasteiger partial charge on any atom is 0.222 e. The molecule has 0 spiro atoms. The highest BCUT2D eigenvalue weighted by Gasteiger charge is 2.23. The Morgan fingerprint density at radius 3 is 2.89 bits per heavy atom. The summed E-state index contributed by atoms with van der Waals surface area (Å²) in [5.41, 5.74) is 0.926. The van der Waals surface area contributed by atoms with Gasteiger partial charge in [0, 0.05) is 19.5 Å². The van der Waals surface area contributed by atoms with Crippen molar-refractivity contribution < 1.29 is 4.79 Å². The Kier molecular flexibility index (Phi) is 4.90. The largest absolute Gasteiger partial charge is 0.343 e. The van der Waals surface area contributed by atoms with E-state index in [0.29, 0.717) is 12.5 Å². The summed E-state index contributed by atoms with van der Waals surface area (Å²) in [5.74, 6) is 0.248. The summed E-state index contributed by atoms with van der Waals surface area (Å²) in [6.45, 7) is 2.17. The fraction of sp³-hybridized carbons (Fsp3) is 0.769. The monoisotopic (exact) mass is 265 g/mol. The van der Waals surface area contributed by atoms with Gasteiger partial charge in [0.1, 0.15) is 0 Å². The van der Waals surface area contributed by atoms with Crippen LogP contribution in [0.4, 0.5) is 0 Å². The minimum atomic E-state index is 0.248. The number of H-pyrrole nitrogens is 1. The van der Waals surface area contributed by atoms with Crippen molar-refractivity contribution in [1.82, 2.24) is 25.2 Å². The molecule has 1 amide bonds. The number of carbonyl (C=O) groups is 1. The molecule has 1 N–H and O–H groups in total. The van der Waals surface area contributed by atoms with Crippen LogP contribution in [0.1, 0.15) is 31.4 Å². The summed E-state index contributed by atoms with van der Waals surface area (Å²) in [6.07, 6.45) is 6.12. The zero-order valence-corrected chi connectivity index (χ0v) is 11.8. The van der Waals surface area contributed by atoms with Crippen molar-refractivity contribution in [3.8, 4) is 0 Å². The van der Waals surface area contributed by atoms with Gasteiger partial charge < -0.3 is 9.80 Å². The summed E-state index contributed by atoms with van der Waals surface area (Å²) in [4.78, 5) is 16.4. The zero-order chi connectivity index (χ0) is 13.7. The molecule has 6 nitrogen and oxygen atoms in total. The molecule has 1 aliphatic heterocycles. The Hall–Kier alpha value is -1.43. The second-order valence-electron chi connectivity index (χ2n) is 5.35. The summed E-state index contributed by atoms with van der Waals surface area (Å²) in [6, 6.07) is 0.413. The number of nitrogens with zero attached hydrogens (tertiary/aromatic N) is 4. The molecule has 0 unspecified atom stereocenters. The Morgan fingerprint density at radius 1 is 1.53 bits per heavy atom. The van der Waals surface area contributed by atoms with Gasteiger partial charge in [-0.25, -0.2) is 0 Å². The third kappa shape index (κ3) is 4.02. The number of hydrogen-bond acceptors (Lipinski definition) is 4. The molecular formula is C13H23N5O. The van der Waals surface area contributed by atoms with E-state index in [1.807, 2.05) is 11.9 Å². The summed E-state index contributed by atoms with van der Waals surface area (Å²) < 4.78 is 0. The van der Waals surface area contributed by atoms with E-state index in [1.54, 1.807) is 6.20 Å². The van der Waals surface area contributed by atoms with E-state index < -0.39 is 0 Å². The van der Waals surface area contributed by atoms with Gasteiger partial charge in [-0.1, -0.05) is 0 Å². The molecule has 1 aliphatic rings. The van der Waals surface area contributed by atoms with Crippen LogP contribution in [-0.4, -0.2) is 64.3 Å². The number of aromatic nitrogens is 3. The van der Waals surface area contributed by atoms with Crippen LogP contribution in [0.25, 0.3) is 0 Å². The average Bonchev–Trinajstić information content (AvgIpc) is 2.92. The molecule has 2 heterocycles. The Labute approximate surface area is 114 Å². The molecular weight excluding hydrogens is 242 g/mol. The van der Waals surface area contributed by atoms with Gasteiger partial charge >= 0.3 is 0 Å². The molecule has 2 rings (SSSR count). The molecule has 0 atom stereocenters. The number of piperidine rings is 1. The second-order valence-corrected chi connectivity index (χ2v) is 5.35. The van der Waals surface area contributed by atoms with Gasteiger partial charge in [-0.15, -0.1) is 0 Å². The molecule has 1 saturated heterocycles. The van der Waals surface area contributed by atoms with Gasteiger partial charge in [0.2, 0.25) is 5.91 Å². The number of aromatic amines is 1. The molecule has 6 heteroatoms. The van der Waals surface area contributed by atoms with Gasteiger partial charge in [-0.05, 0) is 45.8 Å². The summed E-state index contributed by atoms with van der Waals surface area (Å²) in [5, 5.41) is 10.3. The topological polar surface area (TPSA) is 65.1 Å². The molecule has 1 aromatic rings. The number of likely N-dealkylation sites (tertiary alicyclic amines) is 1. The van der Waals surface area contributed by atoms with Crippen molar-refractivity contribution in [3.63, 3.8) is 0 Å². The number of nitrogens with one attached hydrogen (secondary N) is 1. The van der Waals surface area contributed by atoms with Crippen molar-refractivity contribution in [2.24, 2.45) is 0 Å². The zero-order valence-electron chi connectivity index (χ0n) is 11.8. The molecule has 19 heavy (non-hydrogen) atoms. The lowest BCUT2D eigenvalue weighted by Gasteiger charge is -2.35. The minimum absolute atomic E-state index is 0.248. The van der Waals surface area contributed by atoms with Crippen LogP contribution in [0.2, 0.25) is 0 Å². The first-order valence-corrected chi connectivity index (χ1v) is 6.95. The van der Waals surface area contributed by atoms with Crippen LogP contribution >= 0.6 is 0 Å². The fourth-order valence-electron chi connectivity index (χ4n) is 2.53. The number of hydrogen-bond donors (Lipinski definition) is 1. The second kappa shape index (κ2) is 6.65. The molecule has 0 aromatic carbocycles. The van der Waals surface area contributed by atoms with E-state index in [9.17, 15) is 4.79 Å². The minimum Gasteiger partial charge on any atom is -0.343 e. The lowest BCUT2D eigenvalue weighted by molar-refractivity contribution is -0.132. The Balaban J connectivity index is 1.70. The Morgan fingerprint density at radius 2 is 2.26 bits per heavy atom. The highest BCUT2D eigenvalue weighted by molar-refractivity contribution is 5.76. The molecule has 0 radical (unpaired) electrons. The van der Waals surface area contributed by atoms with Crippen LogP contribution in [0.15, 0.2) is 6.20 Å². The quantitative estimate of drug-likeness (QED) is 0.850.